The number of carbonyl (C=O) groups excluding carboxylic acids is 1. The van der Waals surface area contributed by atoms with Gasteiger partial charge in [0, 0.05) is 31.7 Å². The van der Waals surface area contributed by atoms with E-state index in [9.17, 15) is 9.59 Å². The molecule has 1 heterocycles. The van der Waals surface area contributed by atoms with E-state index in [-0.39, 0.29) is 18.7 Å². The predicted octanol–water partition coefficient (Wildman–Crippen LogP) is 1.64. The SMILES string of the molecule is O=C(O)CCCNC(=O)CCc1nc(C2CCCC2)no1. The van der Waals surface area contributed by atoms with Gasteiger partial charge in [-0.15, -0.1) is 0 Å². The normalized spacial score (nSPS) is 15.2. The van der Waals surface area contributed by atoms with Gasteiger partial charge >= 0.3 is 5.97 Å². The van der Waals surface area contributed by atoms with Crippen molar-refractivity contribution in [3.8, 4) is 0 Å². The Morgan fingerprint density at radius 2 is 2.05 bits per heavy atom. The zero-order valence-electron chi connectivity index (χ0n) is 12.0. The van der Waals surface area contributed by atoms with Crippen molar-refractivity contribution in [3.05, 3.63) is 11.7 Å². The standard InChI is InChI=1S/C14H21N3O4/c18-11(15-9-3-6-13(19)20)7-8-12-16-14(17-21-12)10-4-1-2-5-10/h10H,1-9H2,(H,15,18)(H,19,20). The Hall–Kier alpha value is -1.92. The van der Waals surface area contributed by atoms with Gasteiger partial charge in [-0.1, -0.05) is 18.0 Å². The predicted molar refractivity (Wildman–Crippen MR) is 73.7 cm³/mol. The molecule has 1 saturated carbocycles. The molecule has 7 heteroatoms. The number of aromatic nitrogens is 2. The number of rotatable bonds is 8. The molecule has 0 aliphatic heterocycles. The molecule has 0 radical (unpaired) electrons. The van der Waals surface area contributed by atoms with Crippen molar-refractivity contribution in [2.24, 2.45) is 0 Å². The van der Waals surface area contributed by atoms with Crippen LogP contribution in [0.4, 0.5) is 0 Å². The maximum absolute atomic E-state index is 11.6. The lowest BCUT2D eigenvalue weighted by atomic mass is 10.1. The summed E-state index contributed by atoms with van der Waals surface area (Å²) in [6.07, 6.45) is 5.86. The van der Waals surface area contributed by atoms with Gasteiger partial charge < -0.3 is 14.9 Å². The number of carboxylic acid groups (broad SMARTS) is 1. The maximum Gasteiger partial charge on any atom is 0.303 e. The van der Waals surface area contributed by atoms with Crippen LogP contribution in [0.1, 0.15) is 62.6 Å². The van der Waals surface area contributed by atoms with Crippen LogP contribution in [0.2, 0.25) is 0 Å². The maximum atomic E-state index is 11.6. The molecule has 2 N–H and O–H groups in total. The Morgan fingerprint density at radius 3 is 2.76 bits per heavy atom. The lowest BCUT2D eigenvalue weighted by Gasteiger charge is -2.02. The molecule has 116 valence electrons. The summed E-state index contributed by atoms with van der Waals surface area (Å²) in [5.41, 5.74) is 0. The molecule has 1 amide bonds. The minimum Gasteiger partial charge on any atom is -0.481 e. The number of nitrogens with one attached hydrogen (secondary N) is 1. The van der Waals surface area contributed by atoms with E-state index in [4.69, 9.17) is 9.63 Å². The summed E-state index contributed by atoms with van der Waals surface area (Å²) in [6.45, 7) is 0.377. The molecule has 0 aromatic carbocycles. The summed E-state index contributed by atoms with van der Waals surface area (Å²) < 4.78 is 5.17. The van der Waals surface area contributed by atoms with Gasteiger partial charge in [-0.3, -0.25) is 9.59 Å². The van der Waals surface area contributed by atoms with Gasteiger partial charge in [0.1, 0.15) is 0 Å². The molecule has 0 atom stereocenters. The molecule has 1 aliphatic rings. The fraction of sp³-hybridized carbons (Fsp3) is 0.714. The van der Waals surface area contributed by atoms with Crippen LogP contribution in [-0.2, 0) is 16.0 Å². The van der Waals surface area contributed by atoms with Gasteiger partial charge in [0.15, 0.2) is 5.82 Å². The first-order chi connectivity index (χ1) is 10.1. The molecule has 0 saturated heterocycles. The quantitative estimate of drug-likeness (QED) is 0.706. The van der Waals surface area contributed by atoms with Crippen molar-refractivity contribution >= 4 is 11.9 Å². The Bertz CT molecular complexity index is 480. The Kier molecular flexibility index (Phi) is 5.71. The molecule has 2 rings (SSSR count). The average molecular weight is 295 g/mol. The van der Waals surface area contributed by atoms with E-state index in [0.29, 0.717) is 31.2 Å². The first kappa shape index (κ1) is 15.5. The number of aliphatic carboxylic acids is 1. The summed E-state index contributed by atoms with van der Waals surface area (Å²) in [4.78, 5) is 26.2. The number of amides is 1. The first-order valence-electron chi connectivity index (χ1n) is 7.46. The van der Waals surface area contributed by atoms with Crippen molar-refractivity contribution in [1.82, 2.24) is 15.5 Å². The Labute approximate surface area is 123 Å². The Balaban J connectivity index is 1.65. The molecule has 1 aromatic rings. The second-order valence-electron chi connectivity index (χ2n) is 5.37. The third-order valence-electron chi connectivity index (χ3n) is 3.66. The molecule has 1 fully saturated rings. The van der Waals surface area contributed by atoms with Crippen molar-refractivity contribution in [2.45, 2.75) is 57.3 Å². The summed E-state index contributed by atoms with van der Waals surface area (Å²) in [5.74, 6) is 0.699. The highest BCUT2D eigenvalue weighted by molar-refractivity contribution is 5.76. The van der Waals surface area contributed by atoms with Gasteiger partial charge in [-0.2, -0.15) is 4.98 Å². The van der Waals surface area contributed by atoms with E-state index in [1.54, 1.807) is 0 Å². The van der Waals surface area contributed by atoms with Crippen molar-refractivity contribution in [2.75, 3.05) is 6.54 Å². The fourth-order valence-corrected chi connectivity index (χ4v) is 2.50. The van der Waals surface area contributed by atoms with Crippen LogP contribution in [0.15, 0.2) is 4.52 Å². The minimum absolute atomic E-state index is 0.0642. The summed E-state index contributed by atoms with van der Waals surface area (Å²) in [7, 11) is 0. The number of nitrogens with zero attached hydrogens (tertiary/aromatic N) is 2. The fourth-order valence-electron chi connectivity index (χ4n) is 2.50. The highest BCUT2D eigenvalue weighted by Gasteiger charge is 2.22. The molecule has 21 heavy (non-hydrogen) atoms. The number of hydrogen-bond acceptors (Lipinski definition) is 5. The van der Waals surface area contributed by atoms with Crippen LogP contribution in [-0.4, -0.2) is 33.7 Å². The van der Waals surface area contributed by atoms with Gasteiger partial charge in [0.2, 0.25) is 11.8 Å². The monoisotopic (exact) mass is 295 g/mol. The molecule has 0 spiro atoms. The van der Waals surface area contributed by atoms with Gasteiger partial charge in [0.25, 0.3) is 0 Å². The number of carboxylic acids is 1. The average Bonchev–Trinajstić information content (AvgIpc) is 3.11. The van der Waals surface area contributed by atoms with Crippen LogP contribution in [0.25, 0.3) is 0 Å². The molecule has 7 nitrogen and oxygen atoms in total. The third kappa shape index (κ3) is 5.17. The zero-order chi connectivity index (χ0) is 15.1. The van der Waals surface area contributed by atoms with Gasteiger partial charge in [-0.25, -0.2) is 0 Å². The molecular weight excluding hydrogens is 274 g/mol. The summed E-state index contributed by atoms with van der Waals surface area (Å²) in [5, 5.41) is 15.1. The van der Waals surface area contributed by atoms with Crippen LogP contribution >= 0.6 is 0 Å². The van der Waals surface area contributed by atoms with Gasteiger partial charge in [0.05, 0.1) is 0 Å². The topological polar surface area (TPSA) is 105 Å². The molecule has 1 aromatic heterocycles. The molecule has 0 unspecified atom stereocenters. The lowest BCUT2D eigenvalue weighted by Crippen LogP contribution is -2.25. The third-order valence-corrected chi connectivity index (χ3v) is 3.66. The van der Waals surface area contributed by atoms with E-state index in [1.807, 2.05) is 0 Å². The second-order valence-corrected chi connectivity index (χ2v) is 5.37. The Morgan fingerprint density at radius 1 is 1.29 bits per heavy atom. The van der Waals surface area contributed by atoms with E-state index in [2.05, 4.69) is 15.5 Å². The smallest absolute Gasteiger partial charge is 0.303 e. The molecule has 0 bridgehead atoms. The largest absolute Gasteiger partial charge is 0.481 e. The van der Waals surface area contributed by atoms with E-state index < -0.39 is 5.97 Å². The zero-order valence-corrected chi connectivity index (χ0v) is 12.0. The number of aryl methyl sites for hydroxylation is 1. The van der Waals surface area contributed by atoms with Crippen molar-refractivity contribution in [1.29, 1.82) is 0 Å². The van der Waals surface area contributed by atoms with Crippen LogP contribution in [0.3, 0.4) is 0 Å². The van der Waals surface area contributed by atoms with Crippen molar-refractivity contribution in [3.63, 3.8) is 0 Å². The second kappa shape index (κ2) is 7.75. The van der Waals surface area contributed by atoms with E-state index in [0.717, 1.165) is 18.7 Å². The first-order valence-corrected chi connectivity index (χ1v) is 7.46. The van der Waals surface area contributed by atoms with Crippen LogP contribution in [0.5, 0.6) is 0 Å². The lowest BCUT2D eigenvalue weighted by molar-refractivity contribution is -0.137. The van der Waals surface area contributed by atoms with Crippen LogP contribution < -0.4 is 5.32 Å². The number of hydrogen-bond donors (Lipinski definition) is 2. The van der Waals surface area contributed by atoms with Crippen molar-refractivity contribution < 1.29 is 19.2 Å². The highest BCUT2D eigenvalue weighted by Crippen LogP contribution is 2.32. The van der Waals surface area contributed by atoms with Gasteiger partial charge in [-0.05, 0) is 19.3 Å². The summed E-state index contributed by atoms with van der Waals surface area (Å²) in [6, 6.07) is 0. The highest BCUT2D eigenvalue weighted by atomic mass is 16.5. The van der Waals surface area contributed by atoms with Crippen LogP contribution in [0, 0.1) is 0 Å². The minimum atomic E-state index is -0.852. The molecular formula is C14H21N3O4. The van der Waals surface area contributed by atoms with E-state index in [1.165, 1.54) is 12.8 Å². The number of carbonyl (C=O) groups is 2. The molecule has 1 aliphatic carbocycles. The van der Waals surface area contributed by atoms with E-state index >= 15 is 0 Å². The summed E-state index contributed by atoms with van der Waals surface area (Å²) >= 11 is 0.